The molecule has 0 spiro atoms. The van der Waals surface area contributed by atoms with Crippen molar-refractivity contribution in [3.8, 4) is 6.07 Å². The molecule has 20 heavy (non-hydrogen) atoms. The van der Waals surface area contributed by atoms with Crippen molar-refractivity contribution in [2.45, 2.75) is 31.7 Å². The van der Waals surface area contributed by atoms with Crippen LogP contribution < -0.4 is 5.32 Å². The molecule has 1 N–H and O–H groups in total. The molecule has 1 aromatic rings. The molecule has 0 aliphatic heterocycles. The molecular formula is C13H20N4O2S. The molecule has 0 aromatic carbocycles. The van der Waals surface area contributed by atoms with Crippen molar-refractivity contribution in [1.82, 2.24) is 9.29 Å². The van der Waals surface area contributed by atoms with E-state index in [1.54, 1.807) is 19.1 Å². The van der Waals surface area contributed by atoms with Crippen LogP contribution in [0, 0.1) is 11.3 Å². The highest BCUT2D eigenvalue weighted by atomic mass is 32.2. The Balaban J connectivity index is 3.10. The summed E-state index contributed by atoms with van der Waals surface area (Å²) in [7, 11) is -3.68. The SMILES string of the molecule is CCCNc1cccnc1S(=O)(=O)N(CC)CCC#N. The molecule has 7 heteroatoms. The Hall–Kier alpha value is -1.65. The van der Waals surface area contributed by atoms with E-state index in [4.69, 9.17) is 5.26 Å². The van der Waals surface area contributed by atoms with Crippen LogP contribution in [0.1, 0.15) is 26.7 Å². The van der Waals surface area contributed by atoms with Gasteiger partial charge in [0.05, 0.1) is 11.8 Å². The number of rotatable bonds is 8. The van der Waals surface area contributed by atoms with Gasteiger partial charge in [0, 0.05) is 32.3 Å². The predicted octanol–water partition coefficient (Wildman–Crippen LogP) is 1.83. The molecule has 110 valence electrons. The van der Waals surface area contributed by atoms with E-state index in [1.165, 1.54) is 10.5 Å². The van der Waals surface area contributed by atoms with Crippen LogP contribution in [-0.2, 0) is 10.0 Å². The highest BCUT2D eigenvalue weighted by Gasteiger charge is 2.26. The topological polar surface area (TPSA) is 86.1 Å². The molecule has 0 aliphatic rings. The number of sulfonamides is 1. The van der Waals surface area contributed by atoms with Crippen LogP contribution in [0.2, 0.25) is 0 Å². The summed E-state index contributed by atoms with van der Waals surface area (Å²) in [6.07, 6.45) is 2.51. The molecule has 0 aliphatic carbocycles. The lowest BCUT2D eigenvalue weighted by molar-refractivity contribution is 0.433. The van der Waals surface area contributed by atoms with E-state index in [1.807, 2.05) is 13.0 Å². The average Bonchev–Trinajstić information content (AvgIpc) is 2.46. The van der Waals surface area contributed by atoms with E-state index in [0.717, 1.165) is 6.42 Å². The highest BCUT2D eigenvalue weighted by molar-refractivity contribution is 7.89. The molecule has 0 amide bonds. The van der Waals surface area contributed by atoms with Gasteiger partial charge in [-0.15, -0.1) is 0 Å². The Kier molecular flexibility index (Phi) is 6.42. The van der Waals surface area contributed by atoms with Gasteiger partial charge in [-0.25, -0.2) is 13.4 Å². The summed E-state index contributed by atoms with van der Waals surface area (Å²) in [5.74, 6) is 0. The van der Waals surface area contributed by atoms with Crippen LogP contribution in [0.25, 0.3) is 0 Å². The summed E-state index contributed by atoms with van der Waals surface area (Å²) in [5, 5.41) is 11.7. The lowest BCUT2D eigenvalue weighted by atomic mass is 10.4. The Bertz CT molecular complexity index is 566. The monoisotopic (exact) mass is 296 g/mol. The summed E-state index contributed by atoms with van der Waals surface area (Å²) in [5.41, 5.74) is 0.504. The van der Waals surface area contributed by atoms with E-state index in [2.05, 4.69) is 10.3 Å². The van der Waals surface area contributed by atoms with Gasteiger partial charge in [0.15, 0.2) is 5.03 Å². The molecule has 0 saturated carbocycles. The molecule has 0 unspecified atom stereocenters. The molecule has 0 saturated heterocycles. The number of aromatic nitrogens is 1. The lowest BCUT2D eigenvalue weighted by Crippen LogP contribution is -2.32. The van der Waals surface area contributed by atoms with Gasteiger partial charge in [-0.1, -0.05) is 13.8 Å². The molecule has 0 fully saturated rings. The number of anilines is 1. The van der Waals surface area contributed by atoms with Gasteiger partial charge in [0.1, 0.15) is 0 Å². The van der Waals surface area contributed by atoms with Gasteiger partial charge >= 0.3 is 0 Å². The number of nitriles is 1. The zero-order chi connectivity index (χ0) is 15.0. The molecule has 1 aromatic heterocycles. The molecule has 0 atom stereocenters. The van der Waals surface area contributed by atoms with Gasteiger partial charge < -0.3 is 5.32 Å². The first kappa shape index (κ1) is 16.4. The zero-order valence-electron chi connectivity index (χ0n) is 11.8. The second kappa shape index (κ2) is 7.82. The lowest BCUT2D eigenvalue weighted by Gasteiger charge is -2.20. The first-order valence-electron chi connectivity index (χ1n) is 6.63. The molecule has 1 rings (SSSR count). The Morgan fingerprint density at radius 2 is 2.20 bits per heavy atom. The van der Waals surface area contributed by atoms with Gasteiger partial charge in [-0.3, -0.25) is 0 Å². The van der Waals surface area contributed by atoms with Crippen molar-refractivity contribution in [3.05, 3.63) is 18.3 Å². The number of nitrogens with zero attached hydrogens (tertiary/aromatic N) is 3. The van der Waals surface area contributed by atoms with Crippen LogP contribution in [0.15, 0.2) is 23.4 Å². The fourth-order valence-electron chi connectivity index (χ4n) is 1.74. The van der Waals surface area contributed by atoms with Crippen molar-refractivity contribution in [1.29, 1.82) is 5.26 Å². The Labute approximate surface area is 120 Å². The molecule has 6 nitrogen and oxygen atoms in total. The van der Waals surface area contributed by atoms with E-state index in [-0.39, 0.29) is 18.0 Å². The minimum Gasteiger partial charge on any atom is -0.383 e. The first-order valence-corrected chi connectivity index (χ1v) is 8.07. The minimum absolute atomic E-state index is 0.0215. The van der Waals surface area contributed by atoms with Crippen molar-refractivity contribution < 1.29 is 8.42 Å². The number of hydrogen-bond donors (Lipinski definition) is 1. The zero-order valence-corrected chi connectivity index (χ0v) is 12.7. The third kappa shape index (κ3) is 3.92. The second-order valence-corrected chi connectivity index (χ2v) is 6.04. The molecule has 1 heterocycles. The summed E-state index contributed by atoms with van der Waals surface area (Å²) >= 11 is 0. The van der Waals surface area contributed by atoms with Crippen LogP contribution in [0.5, 0.6) is 0 Å². The number of nitrogens with one attached hydrogen (secondary N) is 1. The smallest absolute Gasteiger partial charge is 0.262 e. The van der Waals surface area contributed by atoms with Crippen molar-refractivity contribution in [2.24, 2.45) is 0 Å². The largest absolute Gasteiger partial charge is 0.383 e. The number of pyridine rings is 1. The minimum atomic E-state index is -3.68. The average molecular weight is 296 g/mol. The number of hydrogen-bond acceptors (Lipinski definition) is 5. The van der Waals surface area contributed by atoms with Crippen LogP contribution in [0.3, 0.4) is 0 Å². The van der Waals surface area contributed by atoms with E-state index in [0.29, 0.717) is 18.8 Å². The molecule has 0 radical (unpaired) electrons. The third-order valence-electron chi connectivity index (χ3n) is 2.75. The second-order valence-electron chi connectivity index (χ2n) is 4.19. The summed E-state index contributed by atoms with van der Waals surface area (Å²) < 4.78 is 26.4. The maximum atomic E-state index is 12.6. The Morgan fingerprint density at radius 3 is 2.80 bits per heavy atom. The Morgan fingerprint density at radius 1 is 1.45 bits per heavy atom. The fraction of sp³-hybridized carbons (Fsp3) is 0.538. The third-order valence-corrected chi connectivity index (χ3v) is 4.68. The van der Waals surface area contributed by atoms with Gasteiger partial charge in [0.25, 0.3) is 10.0 Å². The standard InChI is InChI=1S/C13H20N4O2S/c1-3-9-15-12-7-5-10-16-13(12)20(18,19)17(4-2)11-6-8-14/h5,7,10,15H,3-4,6,9,11H2,1-2H3. The van der Waals surface area contributed by atoms with Gasteiger partial charge in [-0.2, -0.15) is 9.57 Å². The van der Waals surface area contributed by atoms with E-state index < -0.39 is 10.0 Å². The van der Waals surface area contributed by atoms with Gasteiger partial charge in [0.2, 0.25) is 0 Å². The fourth-order valence-corrected chi connectivity index (χ4v) is 3.26. The molecule has 0 bridgehead atoms. The predicted molar refractivity (Wildman–Crippen MR) is 77.7 cm³/mol. The van der Waals surface area contributed by atoms with Crippen molar-refractivity contribution in [2.75, 3.05) is 25.0 Å². The van der Waals surface area contributed by atoms with Gasteiger partial charge in [-0.05, 0) is 18.6 Å². The van der Waals surface area contributed by atoms with Crippen molar-refractivity contribution >= 4 is 15.7 Å². The maximum absolute atomic E-state index is 12.6. The normalized spacial score (nSPS) is 11.3. The maximum Gasteiger partial charge on any atom is 0.262 e. The quantitative estimate of drug-likeness (QED) is 0.791. The highest BCUT2D eigenvalue weighted by Crippen LogP contribution is 2.22. The summed E-state index contributed by atoms with van der Waals surface area (Å²) in [6, 6.07) is 5.36. The summed E-state index contributed by atoms with van der Waals surface area (Å²) in [4.78, 5) is 4.01. The van der Waals surface area contributed by atoms with Crippen molar-refractivity contribution in [3.63, 3.8) is 0 Å². The van der Waals surface area contributed by atoms with E-state index >= 15 is 0 Å². The summed E-state index contributed by atoms with van der Waals surface area (Å²) in [6.45, 7) is 4.92. The van der Waals surface area contributed by atoms with Crippen LogP contribution in [-0.4, -0.2) is 37.3 Å². The van der Waals surface area contributed by atoms with Crippen LogP contribution >= 0.6 is 0 Å². The van der Waals surface area contributed by atoms with Crippen LogP contribution in [0.4, 0.5) is 5.69 Å². The van der Waals surface area contributed by atoms with E-state index in [9.17, 15) is 8.42 Å². The molecular weight excluding hydrogens is 276 g/mol. The first-order chi connectivity index (χ1) is 9.57.